The second-order valence-corrected chi connectivity index (χ2v) is 5.91. The van der Waals surface area contributed by atoms with Crippen LogP contribution < -0.4 is 5.73 Å². The first kappa shape index (κ1) is 15.5. The lowest BCUT2D eigenvalue weighted by Gasteiger charge is -2.27. The fraction of sp³-hybridized carbons (Fsp3) is 0.389. The van der Waals surface area contributed by atoms with Gasteiger partial charge in [-0.05, 0) is 44.4 Å². The number of hydrogen-bond donors (Lipinski definition) is 1. The number of hydrogen-bond acceptors (Lipinski definition) is 3. The van der Waals surface area contributed by atoms with E-state index in [0.717, 1.165) is 35.6 Å². The Morgan fingerprint density at radius 2 is 1.76 bits per heavy atom. The topological polar surface area (TPSA) is 42.2 Å². The minimum absolute atomic E-state index is 0.453. The van der Waals surface area contributed by atoms with Crippen LogP contribution in [0, 0.1) is 13.8 Å². The molecule has 2 rings (SSSR count). The maximum Gasteiger partial charge on any atom is 0.0593 e. The Morgan fingerprint density at radius 3 is 2.38 bits per heavy atom. The third kappa shape index (κ3) is 3.82. The Hall–Kier alpha value is -1.87. The van der Waals surface area contributed by atoms with Gasteiger partial charge >= 0.3 is 0 Å². The van der Waals surface area contributed by atoms with Crippen molar-refractivity contribution >= 4 is 5.69 Å². The first-order valence-corrected chi connectivity index (χ1v) is 7.47. The normalized spacial score (nSPS) is 11.3. The summed E-state index contributed by atoms with van der Waals surface area (Å²) >= 11 is 0. The number of nitrogens with two attached hydrogens (primary N) is 1. The zero-order valence-electron chi connectivity index (χ0n) is 13.4. The molecule has 0 saturated carbocycles. The summed E-state index contributed by atoms with van der Waals surface area (Å²) in [5, 5.41) is 0. The average molecular weight is 283 g/mol. The van der Waals surface area contributed by atoms with Crippen molar-refractivity contribution in [3.63, 3.8) is 0 Å². The van der Waals surface area contributed by atoms with Crippen molar-refractivity contribution in [2.75, 3.05) is 5.73 Å². The van der Waals surface area contributed by atoms with E-state index in [-0.39, 0.29) is 0 Å². The molecule has 0 fully saturated rings. The Kier molecular flexibility index (Phi) is 4.97. The summed E-state index contributed by atoms with van der Waals surface area (Å²) in [5.74, 6) is 0. The second kappa shape index (κ2) is 6.72. The summed E-state index contributed by atoms with van der Waals surface area (Å²) in [4.78, 5) is 7.00. The molecule has 3 heteroatoms. The number of aromatic nitrogens is 1. The van der Waals surface area contributed by atoms with Crippen molar-refractivity contribution in [1.82, 2.24) is 9.88 Å². The summed E-state index contributed by atoms with van der Waals surface area (Å²) in [6.07, 6.45) is 1.87. The van der Waals surface area contributed by atoms with Gasteiger partial charge in [0.25, 0.3) is 0 Å². The number of anilines is 1. The highest BCUT2D eigenvalue weighted by atomic mass is 15.1. The Labute approximate surface area is 127 Å². The number of rotatable bonds is 5. The molecule has 3 nitrogen and oxygen atoms in total. The molecule has 2 aromatic rings. The standard InChI is InChI=1S/C18H25N3/c1-13(2)21(11-16-8-6-5-7-9-16)12-17-15(4)18(19)14(3)10-20-17/h5-10,13H,11-12H2,1-4H3,(H2,19,20). The molecule has 0 aliphatic heterocycles. The van der Waals surface area contributed by atoms with Crippen molar-refractivity contribution in [2.45, 2.75) is 46.8 Å². The van der Waals surface area contributed by atoms with Crippen LogP contribution in [0.25, 0.3) is 0 Å². The van der Waals surface area contributed by atoms with Crippen LogP contribution in [0.1, 0.15) is 36.2 Å². The molecular formula is C18H25N3. The lowest BCUT2D eigenvalue weighted by atomic mass is 10.1. The Bertz CT molecular complexity index is 591. The van der Waals surface area contributed by atoms with Gasteiger partial charge in [0.2, 0.25) is 0 Å². The molecule has 0 bridgehead atoms. The van der Waals surface area contributed by atoms with Crippen LogP contribution in [0.15, 0.2) is 36.5 Å². The smallest absolute Gasteiger partial charge is 0.0593 e. The number of nitrogens with zero attached hydrogens (tertiary/aromatic N) is 2. The van der Waals surface area contributed by atoms with Crippen LogP contribution in [0.3, 0.4) is 0 Å². The number of benzene rings is 1. The molecule has 0 saturated heterocycles. The molecule has 0 atom stereocenters. The molecule has 1 heterocycles. The highest BCUT2D eigenvalue weighted by Gasteiger charge is 2.14. The van der Waals surface area contributed by atoms with Gasteiger partial charge in [0, 0.05) is 31.0 Å². The zero-order valence-corrected chi connectivity index (χ0v) is 13.4. The van der Waals surface area contributed by atoms with E-state index in [4.69, 9.17) is 5.73 Å². The van der Waals surface area contributed by atoms with Gasteiger partial charge in [-0.15, -0.1) is 0 Å². The van der Waals surface area contributed by atoms with Crippen LogP contribution >= 0.6 is 0 Å². The van der Waals surface area contributed by atoms with Crippen LogP contribution in [-0.2, 0) is 13.1 Å². The summed E-state index contributed by atoms with van der Waals surface area (Å²) in [7, 11) is 0. The molecule has 0 unspecified atom stereocenters. The van der Waals surface area contributed by atoms with Gasteiger partial charge < -0.3 is 5.73 Å². The average Bonchev–Trinajstić information content (AvgIpc) is 2.48. The Morgan fingerprint density at radius 1 is 1.10 bits per heavy atom. The van der Waals surface area contributed by atoms with E-state index in [0.29, 0.717) is 6.04 Å². The van der Waals surface area contributed by atoms with Gasteiger partial charge in [0.15, 0.2) is 0 Å². The second-order valence-electron chi connectivity index (χ2n) is 5.91. The molecule has 0 spiro atoms. The van der Waals surface area contributed by atoms with Crippen molar-refractivity contribution in [2.24, 2.45) is 0 Å². The first-order valence-electron chi connectivity index (χ1n) is 7.47. The van der Waals surface area contributed by atoms with E-state index in [1.165, 1.54) is 5.56 Å². The predicted octanol–water partition coefficient (Wildman–Crippen LogP) is 3.69. The Balaban J connectivity index is 2.19. The minimum Gasteiger partial charge on any atom is -0.398 e. The zero-order chi connectivity index (χ0) is 15.4. The SMILES string of the molecule is Cc1cnc(CN(Cc2ccccc2)C(C)C)c(C)c1N. The maximum absolute atomic E-state index is 6.13. The molecule has 0 radical (unpaired) electrons. The lowest BCUT2D eigenvalue weighted by molar-refractivity contribution is 0.201. The molecule has 112 valence electrons. The largest absolute Gasteiger partial charge is 0.398 e. The maximum atomic E-state index is 6.13. The van der Waals surface area contributed by atoms with Crippen molar-refractivity contribution in [3.05, 3.63) is 58.9 Å². The molecular weight excluding hydrogens is 258 g/mol. The van der Waals surface area contributed by atoms with Gasteiger partial charge in [-0.1, -0.05) is 30.3 Å². The van der Waals surface area contributed by atoms with Crippen LogP contribution in [0.5, 0.6) is 0 Å². The van der Waals surface area contributed by atoms with Crippen molar-refractivity contribution in [3.8, 4) is 0 Å². The van der Waals surface area contributed by atoms with E-state index in [2.05, 4.69) is 61.0 Å². The lowest BCUT2D eigenvalue weighted by Crippen LogP contribution is -2.30. The summed E-state index contributed by atoms with van der Waals surface area (Å²) < 4.78 is 0. The van der Waals surface area contributed by atoms with Crippen LogP contribution in [-0.4, -0.2) is 15.9 Å². The van der Waals surface area contributed by atoms with E-state index >= 15 is 0 Å². The van der Waals surface area contributed by atoms with Crippen molar-refractivity contribution < 1.29 is 0 Å². The summed E-state index contributed by atoms with van der Waals surface area (Å²) in [6, 6.07) is 11.0. The van der Waals surface area contributed by atoms with Gasteiger partial charge in [-0.3, -0.25) is 9.88 Å². The van der Waals surface area contributed by atoms with Gasteiger partial charge in [-0.25, -0.2) is 0 Å². The quantitative estimate of drug-likeness (QED) is 0.910. The number of nitrogen functional groups attached to an aromatic ring is 1. The summed E-state index contributed by atoms with van der Waals surface area (Å²) in [5.41, 5.74) is 11.5. The third-order valence-electron chi connectivity index (χ3n) is 3.99. The van der Waals surface area contributed by atoms with Crippen LogP contribution in [0.2, 0.25) is 0 Å². The monoisotopic (exact) mass is 283 g/mol. The van der Waals surface area contributed by atoms with E-state index < -0.39 is 0 Å². The first-order chi connectivity index (χ1) is 9.99. The molecule has 2 N–H and O–H groups in total. The molecule has 1 aromatic heterocycles. The fourth-order valence-corrected chi connectivity index (χ4v) is 2.38. The van der Waals surface area contributed by atoms with Crippen molar-refractivity contribution in [1.29, 1.82) is 0 Å². The van der Waals surface area contributed by atoms with Gasteiger partial charge in [-0.2, -0.15) is 0 Å². The predicted molar refractivity (Wildman–Crippen MR) is 88.9 cm³/mol. The molecule has 21 heavy (non-hydrogen) atoms. The minimum atomic E-state index is 0.453. The highest BCUT2D eigenvalue weighted by molar-refractivity contribution is 5.53. The molecule has 1 aromatic carbocycles. The van der Waals surface area contributed by atoms with Gasteiger partial charge in [0.05, 0.1) is 5.69 Å². The number of pyridine rings is 1. The molecule has 0 aliphatic rings. The fourth-order valence-electron chi connectivity index (χ4n) is 2.38. The van der Waals surface area contributed by atoms with E-state index in [1.54, 1.807) is 0 Å². The van der Waals surface area contributed by atoms with E-state index in [9.17, 15) is 0 Å². The van der Waals surface area contributed by atoms with Crippen LogP contribution in [0.4, 0.5) is 5.69 Å². The molecule has 0 amide bonds. The number of aryl methyl sites for hydroxylation is 1. The highest BCUT2D eigenvalue weighted by Crippen LogP contribution is 2.20. The molecule has 0 aliphatic carbocycles. The third-order valence-corrected chi connectivity index (χ3v) is 3.99. The summed E-state index contributed by atoms with van der Waals surface area (Å²) in [6.45, 7) is 10.2. The van der Waals surface area contributed by atoms with Gasteiger partial charge in [0.1, 0.15) is 0 Å². The van der Waals surface area contributed by atoms with E-state index in [1.807, 2.05) is 13.1 Å².